The van der Waals surface area contributed by atoms with Crippen LogP contribution in [0.15, 0.2) is 41.8 Å². The molecule has 1 unspecified atom stereocenters. The number of benzene rings is 1. The van der Waals surface area contributed by atoms with E-state index in [1.165, 1.54) is 23.5 Å². The van der Waals surface area contributed by atoms with Crippen molar-refractivity contribution >= 4 is 23.0 Å². The third-order valence-corrected chi connectivity index (χ3v) is 4.38. The molecule has 1 atom stereocenters. The van der Waals surface area contributed by atoms with Gasteiger partial charge in [-0.25, -0.2) is 0 Å². The standard InChI is InChI=1S/C17H16F3NO2S/c1-11(12-4-2-5-13(10-12)17(18,19)20)21-16(23)8-7-14(22)15-6-3-9-24-15/h2-6,9-11H,7-8H2,1H3,(H,21,23). The minimum atomic E-state index is -4.42. The van der Waals surface area contributed by atoms with E-state index in [9.17, 15) is 22.8 Å². The van der Waals surface area contributed by atoms with Crippen molar-refractivity contribution in [2.45, 2.75) is 32.0 Å². The molecular formula is C17H16F3NO2S. The molecule has 2 aromatic rings. The summed E-state index contributed by atoms with van der Waals surface area (Å²) in [7, 11) is 0. The number of halogens is 3. The van der Waals surface area contributed by atoms with Gasteiger partial charge in [-0.15, -0.1) is 11.3 Å². The van der Waals surface area contributed by atoms with E-state index in [4.69, 9.17) is 0 Å². The smallest absolute Gasteiger partial charge is 0.350 e. The van der Waals surface area contributed by atoms with E-state index in [-0.39, 0.29) is 24.5 Å². The minimum absolute atomic E-state index is 0.0000346. The predicted octanol–water partition coefficient (Wildman–Crippen LogP) is 4.61. The quantitative estimate of drug-likeness (QED) is 0.770. The topological polar surface area (TPSA) is 46.2 Å². The fourth-order valence-corrected chi connectivity index (χ4v) is 2.86. The summed E-state index contributed by atoms with van der Waals surface area (Å²) in [6.07, 6.45) is -4.35. The van der Waals surface area contributed by atoms with E-state index in [1.807, 2.05) is 0 Å². The first kappa shape index (κ1) is 18.2. The Kier molecular flexibility index (Phi) is 5.77. The number of ketones is 1. The van der Waals surface area contributed by atoms with Crippen LogP contribution in [-0.2, 0) is 11.0 Å². The van der Waals surface area contributed by atoms with Crippen molar-refractivity contribution in [3.8, 4) is 0 Å². The molecule has 0 saturated heterocycles. The van der Waals surface area contributed by atoms with Gasteiger partial charge in [-0.3, -0.25) is 9.59 Å². The van der Waals surface area contributed by atoms with Gasteiger partial charge in [0.05, 0.1) is 16.5 Å². The molecule has 3 nitrogen and oxygen atoms in total. The maximum absolute atomic E-state index is 12.7. The molecule has 1 aromatic carbocycles. The number of hydrogen-bond acceptors (Lipinski definition) is 3. The van der Waals surface area contributed by atoms with Crippen LogP contribution in [0.25, 0.3) is 0 Å². The number of Topliss-reactive ketones (excluding diaryl/α,β-unsaturated/α-hetero) is 1. The zero-order valence-electron chi connectivity index (χ0n) is 12.9. The second-order valence-corrected chi connectivity index (χ2v) is 6.26. The van der Waals surface area contributed by atoms with Crippen LogP contribution in [0.2, 0.25) is 0 Å². The lowest BCUT2D eigenvalue weighted by Gasteiger charge is -2.16. The second-order valence-electron chi connectivity index (χ2n) is 5.31. The summed E-state index contributed by atoms with van der Waals surface area (Å²) < 4.78 is 38.1. The van der Waals surface area contributed by atoms with Crippen molar-refractivity contribution in [1.29, 1.82) is 0 Å². The van der Waals surface area contributed by atoms with E-state index in [0.717, 1.165) is 12.1 Å². The second kappa shape index (κ2) is 7.61. The van der Waals surface area contributed by atoms with Gasteiger partial charge < -0.3 is 5.32 Å². The zero-order valence-corrected chi connectivity index (χ0v) is 13.7. The molecule has 0 bridgehead atoms. The van der Waals surface area contributed by atoms with Crippen molar-refractivity contribution in [3.63, 3.8) is 0 Å². The molecule has 2 rings (SSSR count). The summed E-state index contributed by atoms with van der Waals surface area (Å²) >= 11 is 1.31. The largest absolute Gasteiger partial charge is 0.416 e. The summed E-state index contributed by atoms with van der Waals surface area (Å²) in [6, 6.07) is 7.71. The number of carbonyl (C=O) groups is 2. The first-order valence-electron chi connectivity index (χ1n) is 7.30. The van der Waals surface area contributed by atoms with Crippen molar-refractivity contribution in [2.24, 2.45) is 0 Å². The highest BCUT2D eigenvalue weighted by Crippen LogP contribution is 2.30. The molecule has 1 aromatic heterocycles. The molecule has 24 heavy (non-hydrogen) atoms. The summed E-state index contributed by atoms with van der Waals surface area (Å²) in [6.45, 7) is 1.61. The number of alkyl halides is 3. The van der Waals surface area contributed by atoms with Gasteiger partial charge in [0.15, 0.2) is 5.78 Å². The number of nitrogens with one attached hydrogen (secondary N) is 1. The van der Waals surface area contributed by atoms with Gasteiger partial charge >= 0.3 is 6.18 Å². The number of rotatable bonds is 6. The summed E-state index contributed by atoms with van der Waals surface area (Å²) in [5.74, 6) is -0.489. The third kappa shape index (κ3) is 4.92. The fraction of sp³-hybridized carbons (Fsp3) is 0.294. The maximum Gasteiger partial charge on any atom is 0.416 e. The molecule has 0 saturated carbocycles. The van der Waals surface area contributed by atoms with Crippen molar-refractivity contribution in [3.05, 3.63) is 57.8 Å². The molecule has 0 fully saturated rings. The zero-order chi connectivity index (χ0) is 17.7. The Balaban J connectivity index is 1.91. The number of carbonyl (C=O) groups excluding carboxylic acids is 2. The number of hydrogen-bond donors (Lipinski definition) is 1. The lowest BCUT2D eigenvalue weighted by molar-refractivity contribution is -0.137. The van der Waals surface area contributed by atoms with E-state index in [1.54, 1.807) is 24.4 Å². The van der Waals surface area contributed by atoms with E-state index >= 15 is 0 Å². The molecule has 0 radical (unpaired) electrons. The molecule has 1 amide bonds. The number of thiophene rings is 1. The third-order valence-electron chi connectivity index (χ3n) is 3.47. The molecule has 1 heterocycles. The molecule has 1 N–H and O–H groups in total. The SMILES string of the molecule is CC(NC(=O)CCC(=O)c1cccs1)c1cccc(C(F)(F)F)c1. The highest BCUT2D eigenvalue weighted by atomic mass is 32.1. The monoisotopic (exact) mass is 355 g/mol. The Morgan fingerprint density at radius 2 is 1.92 bits per heavy atom. The predicted molar refractivity (Wildman–Crippen MR) is 85.9 cm³/mol. The Hall–Kier alpha value is -2.15. The van der Waals surface area contributed by atoms with Gasteiger partial charge in [-0.05, 0) is 36.1 Å². The van der Waals surface area contributed by atoms with Crippen LogP contribution in [0.5, 0.6) is 0 Å². The van der Waals surface area contributed by atoms with Gasteiger partial charge in [-0.1, -0.05) is 18.2 Å². The van der Waals surface area contributed by atoms with E-state index in [2.05, 4.69) is 5.32 Å². The van der Waals surface area contributed by atoms with Crippen LogP contribution in [0.3, 0.4) is 0 Å². The van der Waals surface area contributed by atoms with Gasteiger partial charge in [0, 0.05) is 12.8 Å². The van der Waals surface area contributed by atoms with Crippen LogP contribution in [0.1, 0.15) is 46.6 Å². The van der Waals surface area contributed by atoms with Crippen molar-refractivity contribution < 1.29 is 22.8 Å². The molecule has 128 valence electrons. The highest BCUT2D eigenvalue weighted by molar-refractivity contribution is 7.12. The molecular weight excluding hydrogens is 339 g/mol. The fourth-order valence-electron chi connectivity index (χ4n) is 2.17. The Labute approximate surface area is 141 Å². The van der Waals surface area contributed by atoms with Gasteiger partial charge in [-0.2, -0.15) is 13.2 Å². The average molecular weight is 355 g/mol. The summed E-state index contributed by atoms with van der Waals surface area (Å²) in [5.41, 5.74) is -0.392. The highest BCUT2D eigenvalue weighted by Gasteiger charge is 2.30. The van der Waals surface area contributed by atoms with Crippen LogP contribution < -0.4 is 5.32 Å². The minimum Gasteiger partial charge on any atom is -0.350 e. The number of amides is 1. The lowest BCUT2D eigenvalue weighted by Crippen LogP contribution is -2.27. The average Bonchev–Trinajstić information content (AvgIpc) is 3.06. The van der Waals surface area contributed by atoms with Gasteiger partial charge in [0.2, 0.25) is 5.91 Å². The maximum atomic E-state index is 12.7. The molecule has 0 spiro atoms. The molecule has 0 aliphatic carbocycles. The normalized spacial score (nSPS) is 12.7. The Bertz CT molecular complexity index is 711. The van der Waals surface area contributed by atoms with Crippen LogP contribution in [0, 0.1) is 0 Å². The van der Waals surface area contributed by atoms with Gasteiger partial charge in [0.1, 0.15) is 0 Å². The van der Waals surface area contributed by atoms with E-state index in [0.29, 0.717) is 10.4 Å². The van der Waals surface area contributed by atoms with Crippen molar-refractivity contribution in [1.82, 2.24) is 5.32 Å². The first-order valence-corrected chi connectivity index (χ1v) is 8.18. The Morgan fingerprint density at radius 3 is 2.54 bits per heavy atom. The van der Waals surface area contributed by atoms with E-state index < -0.39 is 17.8 Å². The summed E-state index contributed by atoms with van der Waals surface area (Å²) in [5, 5.41) is 4.40. The lowest BCUT2D eigenvalue weighted by atomic mass is 10.0. The van der Waals surface area contributed by atoms with Crippen LogP contribution >= 0.6 is 11.3 Å². The molecule has 7 heteroatoms. The molecule has 0 aliphatic rings. The van der Waals surface area contributed by atoms with Crippen LogP contribution in [0.4, 0.5) is 13.2 Å². The molecule has 0 aliphatic heterocycles. The van der Waals surface area contributed by atoms with Crippen molar-refractivity contribution in [2.75, 3.05) is 0 Å². The first-order chi connectivity index (χ1) is 11.3. The Morgan fingerprint density at radius 1 is 1.17 bits per heavy atom. The van der Waals surface area contributed by atoms with Gasteiger partial charge in [0.25, 0.3) is 0 Å². The summed E-state index contributed by atoms with van der Waals surface area (Å²) in [4.78, 5) is 24.3. The van der Waals surface area contributed by atoms with Crippen LogP contribution in [-0.4, -0.2) is 11.7 Å².